The van der Waals surface area contributed by atoms with Crippen LogP contribution < -0.4 is 5.73 Å². The number of hydrogen-bond acceptors (Lipinski definition) is 4. The summed E-state index contributed by atoms with van der Waals surface area (Å²) in [7, 11) is 0. The first-order chi connectivity index (χ1) is 14.6. The highest BCUT2D eigenvalue weighted by molar-refractivity contribution is 7.99. The van der Waals surface area contributed by atoms with Crippen molar-refractivity contribution in [1.29, 1.82) is 0 Å². The van der Waals surface area contributed by atoms with Crippen molar-refractivity contribution < 1.29 is 4.79 Å². The number of rotatable bonds is 3. The average Bonchev–Trinajstić information content (AvgIpc) is 2.77. The lowest BCUT2D eigenvalue weighted by Crippen LogP contribution is -2.22. The minimum absolute atomic E-state index is 0.0124. The van der Waals surface area contributed by atoms with Crippen LogP contribution in [0.2, 0.25) is 0 Å². The molecule has 0 amide bonds. The molecule has 0 saturated heterocycles. The zero-order chi connectivity index (χ0) is 20.7. The molecule has 0 aromatic heterocycles. The van der Waals surface area contributed by atoms with Crippen LogP contribution in [0.1, 0.15) is 27.0 Å². The molecule has 2 N–H and O–H groups in total. The van der Waals surface area contributed by atoms with Gasteiger partial charge >= 0.3 is 0 Å². The second-order valence-electron chi connectivity index (χ2n) is 7.11. The van der Waals surface area contributed by atoms with Gasteiger partial charge in [0.25, 0.3) is 0 Å². The number of carbonyl (C=O) groups is 1. The third kappa shape index (κ3) is 3.15. The summed E-state index contributed by atoms with van der Waals surface area (Å²) in [6, 6.07) is 29.5. The number of ketones is 1. The first kappa shape index (κ1) is 18.8. The van der Waals surface area contributed by atoms with Gasteiger partial charge in [-0.25, -0.2) is 0 Å². The van der Waals surface area contributed by atoms with E-state index in [9.17, 15) is 4.79 Å². The maximum absolute atomic E-state index is 13.6. The van der Waals surface area contributed by atoms with E-state index >= 15 is 0 Å². The molecule has 0 unspecified atom stereocenters. The fourth-order valence-electron chi connectivity index (χ4n) is 3.86. The van der Waals surface area contributed by atoms with E-state index in [2.05, 4.69) is 0 Å². The average molecular weight is 424 g/mol. The first-order valence-electron chi connectivity index (χ1n) is 9.58. The maximum Gasteiger partial charge on any atom is 0.195 e. The molecule has 0 radical (unpaired) electrons. The van der Waals surface area contributed by atoms with E-state index in [-0.39, 0.29) is 5.78 Å². The highest BCUT2D eigenvalue weighted by atomic mass is 32.2. The molecule has 144 valence electrons. The number of benzene rings is 4. The van der Waals surface area contributed by atoms with Crippen LogP contribution in [0.25, 0.3) is 11.1 Å². The van der Waals surface area contributed by atoms with E-state index < -0.39 is 0 Å². The molecule has 4 heteroatoms. The molecule has 4 aromatic carbocycles. The summed E-state index contributed by atoms with van der Waals surface area (Å²) in [6.45, 7) is 0. The third-order valence-electron chi connectivity index (χ3n) is 5.20. The van der Waals surface area contributed by atoms with Gasteiger partial charge in [-0.15, -0.1) is 0 Å². The standard InChI is InChI=1S/C26H17NOS2/c27-17-9-4-10-18(15-17)30-22-14-6-13-21-24(22)25(28)20-12-5-11-19(23(20)26(21)29)16-7-2-1-3-8-16/h1-15H,27H2. The number of nitrogen functional groups attached to an aromatic ring is 1. The Labute approximate surface area is 184 Å². The van der Waals surface area contributed by atoms with Gasteiger partial charge in [-0.1, -0.05) is 90.7 Å². The van der Waals surface area contributed by atoms with Gasteiger partial charge in [0, 0.05) is 37.7 Å². The predicted octanol–water partition coefficient (Wildman–Crippen LogP) is 6.40. The lowest BCUT2D eigenvalue weighted by atomic mass is 9.81. The molecule has 0 aliphatic heterocycles. The molecule has 1 aliphatic carbocycles. The Morgan fingerprint density at radius 1 is 0.700 bits per heavy atom. The molecular weight excluding hydrogens is 406 g/mol. The lowest BCUT2D eigenvalue weighted by molar-refractivity contribution is 0.103. The maximum atomic E-state index is 13.6. The number of thiocarbonyl (C=S) groups is 1. The van der Waals surface area contributed by atoms with Gasteiger partial charge in [0.2, 0.25) is 0 Å². The van der Waals surface area contributed by atoms with Gasteiger partial charge in [-0.3, -0.25) is 4.79 Å². The fraction of sp³-hybridized carbons (Fsp3) is 0. The summed E-state index contributed by atoms with van der Waals surface area (Å²) in [6.07, 6.45) is 0. The monoisotopic (exact) mass is 423 g/mol. The van der Waals surface area contributed by atoms with Crippen LogP contribution in [0.5, 0.6) is 0 Å². The summed E-state index contributed by atoms with van der Waals surface area (Å²) in [4.78, 5) is 16.2. The zero-order valence-corrected chi connectivity index (χ0v) is 17.6. The molecule has 0 saturated carbocycles. The Kier molecular flexibility index (Phi) is 4.74. The predicted molar refractivity (Wildman–Crippen MR) is 128 cm³/mol. The van der Waals surface area contributed by atoms with Crippen LogP contribution in [0, 0.1) is 0 Å². The number of carbonyl (C=O) groups excluding carboxylic acids is 1. The van der Waals surface area contributed by atoms with Gasteiger partial charge in [-0.05, 0) is 35.4 Å². The van der Waals surface area contributed by atoms with Crippen molar-refractivity contribution in [3.63, 3.8) is 0 Å². The van der Waals surface area contributed by atoms with E-state index in [0.717, 1.165) is 32.0 Å². The molecule has 1 aliphatic rings. The van der Waals surface area contributed by atoms with Crippen molar-refractivity contribution in [3.05, 3.63) is 113 Å². The summed E-state index contributed by atoms with van der Waals surface area (Å²) in [5.74, 6) is 0.0124. The van der Waals surface area contributed by atoms with Crippen molar-refractivity contribution in [2.75, 3.05) is 5.73 Å². The molecule has 2 nitrogen and oxygen atoms in total. The molecule has 0 bridgehead atoms. The van der Waals surface area contributed by atoms with E-state index in [1.807, 2.05) is 91.0 Å². The van der Waals surface area contributed by atoms with Crippen LogP contribution in [0.4, 0.5) is 5.69 Å². The van der Waals surface area contributed by atoms with E-state index in [0.29, 0.717) is 21.7 Å². The summed E-state index contributed by atoms with van der Waals surface area (Å²) in [5.41, 5.74) is 11.7. The normalized spacial score (nSPS) is 12.4. The second-order valence-corrected chi connectivity index (χ2v) is 8.63. The minimum Gasteiger partial charge on any atom is -0.399 e. The highest BCUT2D eigenvalue weighted by Crippen LogP contribution is 2.40. The zero-order valence-electron chi connectivity index (χ0n) is 16.0. The molecule has 30 heavy (non-hydrogen) atoms. The fourth-order valence-corrected chi connectivity index (χ4v) is 5.30. The summed E-state index contributed by atoms with van der Waals surface area (Å²) in [5, 5.41) is 0. The van der Waals surface area contributed by atoms with Gasteiger partial charge < -0.3 is 5.73 Å². The number of hydrogen-bond donors (Lipinski definition) is 1. The number of nitrogens with two attached hydrogens (primary N) is 1. The molecular formula is C26H17NOS2. The second kappa shape index (κ2) is 7.56. The van der Waals surface area contributed by atoms with Crippen molar-refractivity contribution in [2.45, 2.75) is 9.79 Å². The molecule has 0 atom stereocenters. The quantitative estimate of drug-likeness (QED) is 0.269. The summed E-state index contributed by atoms with van der Waals surface area (Å²) < 4.78 is 0. The third-order valence-corrected chi connectivity index (χ3v) is 6.68. The number of anilines is 1. The van der Waals surface area contributed by atoms with Gasteiger partial charge in [0.1, 0.15) is 0 Å². The Balaban J connectivity index is 1.66. The molecule has 0 heterocycles. The largest absolute Gasteiger partial charge is 0.399 e. The molecule has 0 fully saturated rings. The Morgan fingerprint density at radius 2 is 1.40 bits per heavy atom. The minimum atomic E-state index is 0.0124. The van der Waals surface area contributed by atoms with E-state index in [1.54, 1.807) is 0 Å². The van der Waals surface area contributed by atoms with Gasteiger partial charge in [0.05, 0.1) is 4.86 Å². The van der Waals surface area contributed by atoms with Crippen molar-refractivity contribution in [1.82, 2.24) is 0 Å². The Bertz CT molecular complexity index is 1310. The Hall–Kier alpha value is -3.21. The van der Waals surface area contributed by atoms with Crippen molar-refractivity contribution >= 4 is 40.3 Å². The topological polar surface area (TPSA) is 43.1 Å². The molecule has 0 spiro atoms. The van der Waals surface area contributed by atoms with E-state index in [4.69, 9.17) is 18.0 Å². The molecule has 4 aromatic rings. The van der Waals surface area contributed by atoms with Gasteiger partial charge in [-0.2, -0.15) is 0 Å². The highest BCUT2D eigenvalue weighted by Gasteiger charge is 2.31. The summed E-state index contributed by atoms with van der Waals surface area (Å²) >= 11 is 7.46. The van der Waals surface area contributed by atoms with Crippen LogP contribution >= 0.6 is 24.0 Å². The number of fused-ring (bicyclic) bond motifs is 2. The lowest BCUT2D eigenvalue weighted by Gasteiger charge is -2.24. The van der Waals surface area contributed by atoms with Crippen LogP contribution in [-0.4, -0.2) is 10.6 Å². The van der Waals surface area contributed by atoms with Crippen LogP contribution in [0.3, 0.4) is 0 Å². The Morgan fingerprint density at radius 3 is 2.20 bits per heavy atom. The molecule has 5 rings (SSSR count). The van der Waals surface area contributed by atoms with Crippen molar-refractivity contribution in [3.8, 4) is 11.1 Å². The van der Waals surface area contributed by atoms with Crippen LogP contribution in [-0.2, 0) is 0 Å². The van der Waals surface area contributed by atoms with Crippen molar-refractivity contribution in [2.24, 2.45) is 0 Å². The SMILES string of the molecule is Nc1cccc(Sc2cccc3c2C(=O)c2cccc(-c4ccccc4)c2C3=S)c1. The van der Waals surface area contributed by atoms with Crippen LogP contribution in [0.15, 0.2) is 101 Å². The smallest absolute Gasteiger partial charge is 0.195 e. The van der Waals surface area contributed by atoms with Gasteiger partial charge in [0.15, 0.2) is 5.78 Å². The first-order valence-corrected chi connectivity index (χ1v) is 10.8. The van der Waals surface area contributed by atoms with E-state index in [1.165, 1.54) is 11.8 Å².